The van der Waals surface area contributed by atoms with E-state index in [2.05, 4.69) is 0 Å². The fourth-order valence-electron chi connectivity index (χ4n) is 0. The van der Waals surface area contributed by atoms with Gasteiger partial charge in [-0.25, -0.2) is 0 Å². The molecule has 0 fully saturated rings. The Morgan fingerprint density at radius 2 is 1.11 bits per heavy atom. The molecule has 0 aliphatic rings. The molecule has 0 aromatic carbocycles. The van der Waals surface area contributed by atoms with Crippen molar-refractivity contribution in [2.45, 2.75) is 0 Å². The maximum absolute atomic E-state index is 8.74. The molecule has 6 N–H and O–H groups in total. The minimum absolute atomic E-state index is 0. The first-order valence-corrected chi connectivity index (χ1v) is 2.10. The van der Waals surface area contributed by atoms with Gasteiger partial charge in [-0.05, 0) is 0 Å². The molecule has 0 spiro atoms. The molecule has 0 amide bonds. The van der Waals surface area contributed by atoms with E-state index < -0.39 is 10.4 Å². The summed E-state index contributed by atoms with van der Waals surface area (Å²) < 4.78 is 31.6. The Labute approximate surface area is 117 Å². The molecule has 56 valence electrons. The van der Waals surface area contributed by atoms with Crippen LogP contribution in [0.4, 0.5) is 0 Å². The van der Waals surface area contributed by atoms with Gasteiger partial charge in [0.25, 0.3) is 0 Å². The summed E-state index contributed by atoms with van der Waals surface area (Å²) in [5.41, 5.74) is 0. The summed E-state index contributed by atoms with van der Waals surface area (Å²) in [6.07, 6.45) is 0. The van der Waals surface area contributed by atoms with Crippen LogP contribution in [0.25, 0.3) is 0 Å². The third-order valence-corrected chi connectivity index (χ3v) is 0. The van der Waals surface area contributed by atoms with Gasteiger partial charge in [0.2, 0.25) is 0 Å². The van der Waals surface area contributed by atoms with Crippen molar-refractivity contribution in [3.8, 4) is 0 Å². The monoisotopic (exact) mass is 384 g/mol. The second-order valence-electron chi connectivity index (χ2n) is 0.448. The van der Waals surface area contributed by atoms with Crippen molar-refractivity contribution in [2.75, 3.05) is 0 Å². The fraction of sp³-hybridized carbons (Fsp3) is 0. The Morgan fingerprint density at radius 3 is 1.11 bits per heavy atom. The Balaban J connectivity index is -0.00000000800. The van der Waals surface area contributed by atoms with Crippen LogP contribution in [0.15, 0.2) is 0 Å². The molecular weight excluding hydrogens is 374 g/mol. The molecule has 6 nitrogen and oxygen atoms in total. The van der Waals surface area contributed by atoms with Crippen LogP contribution < -0.4 is 51.4 Å². The summed E-state index contributed by atoms with van der Waals surface area (Å²) in [4.78, 5) is 0. The van der Waals surface area contributed by atoms with Crippen LogP contribution >= 0.6 is 0 Å². The van der Waals surface area contributed by atoms with Gasteiger partial charge in [-0.15, -0.1) is 0 Å². The number of rotatable bonds is 0. The molecule has 0 unspecified atom stereocenters. The van der Waals surface area contributed by atoms with Crippen LogP contribution in [-0.2, 0) is 10.4 Å². The third kappa shape index (κ3) is 131. The Morgan fingerprint density at radius 1 is 1.11 bits per heavy atom. The molecule has 0 aromatic rings. The molecule has 0 heterocycles. The van der Waals surface area contributed by atoms with Gasteiger partial charge in [0.1, 0.15) is 0 Å². The van der Waals surface area contributed by atoms with Gasteiger partial charge in [-0.3, -0.25) is 9.11 Å². The first-order chi connectivity index (χ1) is 2.00. The predicted octanol–water partition coefficient (Wildman–Crippen LogP) is -6.10. The molecule has 0 aliphatic carbocycles. The Hall–Kier alpha value is 2.35. The predicted molar refractivity (Wildman–Crippen MR) is 31.1 cm³/mol. The molecule has 0 bridgehead atoms. The number of hydrogen-bond donors (Lipinski definition) is 2. The molecule has 0 saturated carbocycles. The van der Waals surface area contributed by atoms with Crippen molar-refractivity contribution in [1.82, 2.24) is 0 Å². The van der Waals surface area contributed by atoms with Gasteiger partial charge < -0.3 is 12.4 Å². The SMILES string of the molecule is O.O.O=S(=O)(O)O.[H-].[K+].[PbH2]. The molecule has 0 saturated heterocycles. The summed E-state index contributed by atoms with van der Waals surface area (Å²) in [7, 11) is -4.67. The molecule has 0 atom stereocenters. The molecule has 0 aliphatic heterocycles. The standard InChI is InChI=1S/K.H2O4S.2H2O.Pb.3H/c;1-5(2,3)4;;;;;;/h;(H2,1,2,3,4);2*1H2;;;;/q+1;;;;;;;-1. The summed E-state index contributed by atoms with van der Waals surface area (Å²) in [5, 5.41) is 0. The van der Waals surface area contributed by atoms with Crippen LogP contribution in [0.5, 0.6) is 0 Å². The first kappa shape index (κ1) is 30.2. The van der Waals surface area contributed by atoms with E-state index in [-0.39, 0.29) is 91.1 Å². The normalized spacial score (nSPS) is 6.44. The fourth-order valence-corrected chi connectivity index (χ4v) is 0. The summed E-state index contributed by atoms with van der Waals surface area (Å²) in [6.45, 7) is 0. The van der Waals surface area contributed by atoms with E-state index in [1.807, 2.05) is 0 Å². The van der Waals surface area contributed by atoms with Crippen molar-refractivity contribution >= 4 is 37.7 Å². The number of hydrogen-bond acceptors (Lipinski definition) is 2. The van der Waals surface area contributed by atoms with Gasteiger partial charge in [0, 0.05) is 0 Å². The summed E-state index contributed by atoms with van der Waals surface area (Å²) in [5.74, 6) is 0. The van der Waals surface area contributed by atoms with E-state index in [4.69, 9.17) is 17.5 Å². The zero-order chi connectivity index (χ0) is 4.50. The third-order valence-electron chi connectivity index (χ3n) is 0. The van der Waals surface area contributed by atoms with Crippen LogP contribution in [0.3, 0.4) is 0 Å². The average Bonchev–Trinajstić information content (AvgIpc) is 0.722. The first-order valence-electron chi connectivity index (χ1n) is 0.698. The van der Waals surface area contributed by atoms with Gasteiger partial charge in [-0.2, -0.15) is 8.42 Å². The maximum atomic E-state index is 8.74. The molecule has 0 aromatic heterocycles. The summed E-state index contributed by atoms with van der Waals surface area (Å²) >= 11 is 0. The summed E-state index contributed by atoms with van der Waals surface area (Å²) in [6, 6.07) is 0. The van der Waals surface area contributed by atoms with E-state index in [0.717, 1.165) is 0 Å². The van der Waals surface area contributed by atoms with Crippen molar-refractivity contribution in [2.24, 2.45) is 0 Å². The van der Waals surface area contributed by atoms with E-state index in [9.17, 15) is 0 Å². The van der Waals surface area contributed by atoms with E-state index in [0.29, 0.717) is 0 Å². The average molecular weight is 383 g/mol. The molecular formula is H9KO6PbS. The van der Waals surface area contributed by atoms with E-state index in [1.54, 1.807) is 0 Å². The second kappa shape index (κ2) is 13.0. The second-order valence-corrected chi connectivity index (χ2v) is 1.34. The van der Waals surface area contributed by atoms with Gasteiger partial charge in [0.15, 0.2) is 0 Å². The van der Waals surface area contributed by atoms with E-state index in [1.165, 1.54) is 0 Å². The van der Waals surface area contributed by atoms with Gasteiger partial charge in [-0.1, -0.05) is 0 Å². The molecule has 0 rings (SSSR count). The van der Waals surface area contributed by atoms with Crippen molar-refractivity contribution in [1.29, 1.82) is 0 Å². The van der Waals surface area contributed by atoms with Crippen LogP contribution in [0.1, 0.15) is 1.43 Å². The topological polar surface area (TPSA) is 138 Å². The zero-order valence-electron chi connectivity index (χ0n) is 5.83. The van der Waals surface area contributed by atoms with Gasteiger partial charge in [0.05, 0.1) is 0 Å². The zero-order valence-corrected chi connectivity index (χ0v) is 14.3. The van der Waals surface area contributed by atoms with Crippen LogP contribution in [-0.4, -0.2) is 55.8 Å². The molecule has 2 radical (unpaired) electrons. The minimum atomic E-state index is -4.67. The van der Waals surface area contributed by atoms with Crippen molar-refractivity contribution < 1.29 is 81.3 Å². The Bertz CT molecular complexity index is 101. The molecule has 9 heteroatoms. The van der Waals surface area contributed by atoms with Crippen LogP contribution in [0.2, 0.25) is 0 Å². The van der Waals surface area contributed by atoms with Crippen molar-refractivity contribution in [3.63, 3.8) is 0 Å². The van der Waals surface area contributed by atoms with Crippen LogP contribution in [0, 0.1) is 0 Å². The van der Waals surface area contributed by atoms with Crippen molar-refractivity contribution in [3.05, 3.63) is 0 Å². The van der Waals surface area contributed by atoms with Gasteiger partial charge >= 0.3 is 89.1 Å². The quantitative estimate of drug-likeness (QED) is 0.318. The Kier molecular flexibility index (Phi) is 43.5. The van der Waals surface area contributed by atoms with E-state index >= 15 is 0 Å². The molecule has 9 heavy (non-hydrogen) atoms.